The van der Waals surface area contributed by atoms with Gasteiger partial charge in [0.25, 0.3) is 15.9 Å². The first-order valence-corrected chi connectivity index (χ1v) is 10.5. The summed E-state index contributed by atoms with van der Waals surface area (Å²) < 4.78 is 28.4. The average molecular weight is 459 g/mol. The maximum Gasteiger partial charge on any atom is 0.276 e. The zero-order chi connectivity index (χ0) is 20.1. The number of carbonyl (C=O) groups is 1. The molecule has 0 bridgehead atoms. The van der Waals surface area contributed by atoms with Gasteiger partial charge in [-0.2, -0.15) is 0 Å². The fourth-order valence-electron chi connectivity index (χ4n) is 2.97. The molecule has 0 atom stereocenters. The normalized spacial score (nSPS) is 15.9. The van der Waals surface area contributed by atoms with Crippen LogP contribution in [0.1, 0.15) is 11.1 Å². The third kappa shape index (κ3) is 3.12. The number of amides is 1. The lowest BCUT2D eigenvalue weighted by Crippen LogP contribution is -2.30. The number of fused-ring (bicyclic) bond motifs is 1. The lowest BCUT2D eigenvalue weighted by atomic mass is 10.1. The first kappa shape index (κ1) is 18.5. The predicted octanol–water partition coefficient (Wildman–Crippen LogP) is 2.73. The zero-order valence-corrected chi connectivity index (χ0v) is 17.1. The number of hydrogen-bond acceptors (Lipinski definition) is 5. The van der Waals surface area contributed by atoms with Gasteiger partial charge in [-0.25, -0.2) is 17.4 Å². The number of nitrogens with zero attached hydrogens (tertiary/aromatic N) is 2. The molecular weight excluding hydrogens is 444 g/mol. The van der Waals surface area contributed by atoms with Crippen LogP contribution in [0.25, 0.3) is 17.0 Å². The summed E-state index contributed by atoms with van der Waals surface area (Å²) in [6.07, 6.45) is 3.00. The summed E-state index contributed by atoms with van der Waals surface area (Å²) in [5.74, 6) is -0.424. The molecule has 0 spiro atoms. The number of guanidine groups is 1. The molecule has 0 saturated heterocycles. The molecule has 0 unspecified atom stereocenters. The van der Waals surface area contributed by atoms with Gasteiger partial charge < -0.3 is 5.73 Å². The number of nitrogens with one attached hydrogen (secondary N) is 1. The lowest BCUT2D eigenvalue weighted by molar-refractivity contribution is -0.115. The van der Waals surface area contributed by atoms with E-state index in [0.717, 1.165) is 10.0 Å². The molecular formula is C19H15BrN4O3S. The number of rotatable bonds is 3. The van der Waals surface area contributed by atoms with Crippen molar-refractivity contribution < 1.29 is 13.2 Å². The largest absolute Gasteiger partial charge is 0.369 e. The van der Waals surface area contributed by atoms with Crippen molar-refractivity contribution in [2.45, 2.75) is 11.8 Å². The van der Waals surface area contributed by atoms with Gasteiger partial charge in [-0.1, -0.05) is 39.7 Å². The maximum absolute atomic E-state index is 13.2. The number of halogens is 1. The minimum absolute atomic E-state index is 0.00927. The van der Waals surface area contributed by atoms with Crippen LogP contribution in [-0.4, -0.2) is 24.3 Å². The van der Waals surface area contributed by atoms with Crippen LogP contribution < -0.4 is 11.1 Å². The Labute approximate surface area is 169 Å². The first-order valence-electron chi connectivity index (χ1n) is 8.26. The van der Waals surface area contributed by atoms with Gasteiger partial charge in [0.15, 0.2) is 0 Å². The van der Waals surface area contributed by atoms with Crippen LogP contribution in [0.3, 0.4) is 0 Å². The lowest BCUT2D eigenvalue weighted by Gasteiger charge is -2.08. The molecule has 1 aliphatic heterocycles. The van der Waals surface area contributed by atoms with Crippen LogP contribution in [0.15, 0.2) is 68.7 Å². The van der Waals surface area contributed by atoms with Crippen molar-refractivity contribution >= 4 is 54.8 Å². The van der Waals surface area contributed by atoms with E-state index >= 15 is 0 Å². The van der Waals surface area contributed by atoms with Crippen LogP contribution in [0, 0.1) is 6.92 Å². The molecule has 142 valence electrons. The van der Waals surface area contributed by atoms with E-state index in [2.05, 4.69) is 26.2 Å². The summed E-state index contributed by atoms with van der Waals surface area (Å²) in [6, 6.07) is 11.9. The highest BCUT2D eigenvalue weighted by Crippen LogP contribution is 2.30. The third-order valence-corrected chi connectivity index (χ3v) is 6.53. The second kappa shape index (κ2) is 6.61. The molecule has 3 aromatic rings. The van der Waals surface area contributed by atoms with Crippen LogP contribution in [-0.2, 0) is 14.8 Å². The van der Waals surface area contributed by atoms with Gasteiger partial charge in [0, 0.05) is 21.6 Å². The van der Waals surface area contributed by atoms with Crippen LogP contribution in [0.2, 0.25) is 0 Å². The van der Waals surface area contributed by atoms with Crippen molar-refractivity contribution in [3.05, 3.63) is 70.0 Å². The SMILES string of the molecule is Cc1ccc(S(=O)(=O)n2cc(/C=C3/N=C(N)NC3=O)c3ccc(Br)cc32)cc1. The van der Waals surface area contributed by atoms with Crippen LogP contribution in [0.5, 0.6) is 0 Å². The van der Waals surface area contributed by atoms with Gasteiger partial charge in [0.05, 0.1) is 10.4 Å². The molecule has 0 saturated carbocycles. The van der Waals surface area contributed by atoms with Crippen LogP contribution in [0.4, 0.5) is 0 Å². The van der Waals surface area contributed by atoms with Crippen molar-refractivity contribution in [1.82, 2.24) is 9.29 Å². The topological polar surface area (TPSA) is 107 Å². The molecule has 7 nitrogen and oxygen atoms in total. The van der Waals surface area contributed by atoms with E-state index in [1.807, 2.05) is 6.92 Å². The molecule has 1 amide bonds. The van der Waals surface area contributed by atoms with E-state index in [1.54, 1.807) is 42.5 Å². The Kier molecular flexibility index (Phi) is 4.35. The van der Waals surface area contributed by atoms with E-state index < -0.39 is 15.9 Å². The fourth-order valence-corrected chi connectivity index (χ4v) is 4.69. The van der Waals surface area contributed by atoms with Crippen molar-refractivity contribution in [3.63, 3.8) is 0 Å². The van der Waals surface area contributed by atoms with Gasteiger partial charge in [-0.15, -0.1) is 0 Å². The minimum Gasteiger partial charge on any atom is -0.369 e. The van der Waals surface area contributed by atoms with E-state index in [0.29, 0.717) is 16.5 Å². The first-order chi connectivity index (χ1) is 13.3. The number of aromatic nitrogens is 1. The number of benzene rings is 2. The number of nitrogens with two attached hydrogens (primary N) is 1. The summed E-state index contributed by atoms with van der Waals surface area (Å²) in [4.78, 5) is 16.1. The van der Waals surface area contributed by atoms with E-state index in [4.69, 9.17) is 5.73 Å². The minimum atomic E-state index is -3.83. The molecule has 9 heteroatoms. The molecule has 2 heterocycles. The number of aryl methyl sites for hydroxylation is 1. The summed E-state index contributed by atoms with van der Waals surface area (Å²) in [5.41, 5.74) is 7.64. The molecule has 1 aliphatic rings. The summed E-state index contributed by atoms with van der Waals surface area (Å²) >= 11 is 3.39. The molecule has 4 rings (SSSR count). The maximum atomic E-state index is 13.2. The van der Waals surface area contributed by atoms with Crippen molar-refractivity contribution in [3.8, 4) is 0 Å². The van der Waals surface area contributed by atoms with Gasteiger partial charge in [-0.3, -0.25) is 10.1 Å². The van der Waals surface area contributed by atoms with Crippen LogP contribution >= 0.6 is 15.9 Å². The Morgan fingerprint density at radius 1 is 1.18 bits per heavy atom. The molecule has 3 N–H and O–H groups in total. The number of hydrogen-bond donors (Lipinski definition) is 2. The second-order valence-electron chi connectivity index (χ2n) is 6.34. The van der Waals surface area contributed by atoms with Gasteiger partial charge in [-0.05, 0) is 37.3 Å². The third-order valence-electron chi connectivity index (χ3n) is 4.35. The highest BCUT2D eigenvalue weighted by molar-refractivity contribution is 9.10. The van der Waals surface area contributed by atoms with Gasteiger partial charge in [0.1, 0.15) is 5.70 Å². The fraction of sp³-hybridized carbons (Fsp3) is 0.0526. The predicted molar refractivity (Wildman–Crippen MR) is 111 cm³/mol. The Hall–Kier alpha value is -2.91. The summed E-state index contributed by atoms with van der Waals surface area (Å²) in [5, 5.41) is 3.07. The van der Waals surface area contributed by atoms with Gasteiger partial charge >= 0.3 is 0 Å². The van der Waals surface area contributed by atoms with E-state index in [9.17, 15) is 13.2 Å². The number of aliphatic imine (C=N–C) groups is 1. The van der Waals surface area contributed by atoms with E-state index in [-0.39, 0.29) is 16.6 Å². The molecule has 0 radical (unpaired) electrons. The molecule has 0 fully saturated rings. The quantitative estimate of drug-likeness (QED) is 0.588. The second-order valence-corrected chi connectivity index (χ2v) is 9.07. The molecule has 2 aromatic carbocycles. The smallest absolute Gasteiger partial charge is 0.276 e. The molecule has 0 aliphatic carbocycles. The average Bonchev–Trinajstić information content (AvgIpc) is 3.15. The Bertz CT molecular complexity index is 1290. The Morgan fingerprint density at radius 3 is 2.54 bits per heavy atom. The summed E-state index contributed by atoms with van der Waals surface area (Å²) in [6.45, 7) is 1.89. The standard InChI is InChI=1S/C19H15BrN4O3S/c1-11-2-5-14(6-3-11)28(26,27)24-10-12(8-16-18(25)23-19(21)22-16)15-7-4-13(20)9-17(15)24/h2-10H,1H3,(H3,21,22,23,25)/b16-8+. The monoisotopic (exact) mass is 458 g/mol. The molecule has 1 aromatic heterocycles. The van der Waals surface area contributed by atoms with Crippen molar-refractivity contribution in [1.29, 1.82) is 0 Å². The number of carbonyl (C=O) groups excluding carboxylic acids is 1. The Balaban J connectivity index is 1.95. The van der Waals surface area contributed by atoms with Crippen molar-refractivity contribution in [2.75, 3.05) is 0 Å². The highest BCUT2D eigenvalue weighted by Gasteiger charge is 2.23. The Morgan fingerprint density at radius 2 is 1.89 bits per heavy atom. The zero-order valence-electron chi connectivity index (χ0n) is 14.7. The summed E-state index contributed by atoms with van der Waals surface area (Å²) in [7, 11) is -3.83. The molecule has 28 heavy (non-hydrogen) atoms. The van der Waals surface area contributed by atoms with E-state index in [1.165, 1.54) is 16.2 Å². The highest BCUT2D eigenvalue weighted by atomic mass is 79.9. The van der Waals surface area contributed by atoms with Gasteiger partial charge in [0.2, 0.25) is 5.96 Å². The van der Waals surface area contributed by atoms with Crippen molar-refractivity contribution in [2.24, 2.45) is 10.7 Å².